The third-order valence-corrected chi connectivity index (χ3v) is 3.71. The van der Waals surface area contributed by atoms with Gasteiger partial charge in [-0.2, -0.15) is 0 Å². The molecule has 1 aromatic carbocycles. The molecule has 0 spiro atoms. The Kier molecular flexibility index (Phi) is 4.22. The highest BCUT2D eigenvalue weighted by atomic mass is 35.5. The van der Waals surface area contributed by atoms with Crippen molar-refractivity contribution in [3.63, 3.8) is 0 Å². The minimum Gasteiger partial charge on any atom is -0.396 e. The molecule has 0 radical (unpaired) electrons. The Morgan fingerprint density at radius 3 is 2.89 bits per heavy atom. The molecule has 18 heavy (non-hydrogen) atoms. The fourth-order valence-corrected chi connectivity index (χ4v) is 2.52. The SMILES string of the molecule is NC(=O)c1ccc(CN2CCC(CO)C2)c(Cl)c1. The Balaban J connectivity index is 2.04. The molecule has 0 aliphatic carbocycles. The highest BCUT2D eigenvalue weighted by Gasteiger charge is 2.22. The number of likely N-dealkylation sites (tertiary alicyclic amines) is 1. The van der Waals surface area contributed by atoms with Crippen molar-refractivity contribution in [2.75, 3.05) is 19.7 Å². The molecular formula is C13H17ClN2O2. The van der Waals surface area contributed by atoms with E-state index in [0.29, 0.717) is 16.5 Å². The van der Waals surface area contributed by atoms with Crippen LogP contribution in [0.5, 0.6) is 0 Å². The van der Waals surface area contributed by atoms with Crippen LogP contribution in [0.2, 0.25) is 5.02 Å². The van der Waals surface area contributed by atoms with E-state index in [2.05, 4.69) is 4.90 Å². The summed E-state index contributed by atoms with van der Waals surface area (Å²) in [5.41, 5.74) is 6.61. The summed E-state index contributed by atoms with van der Waals surface area (Å²) < 4.78 is 0. The van der Waals surface area contributed by atoms with E-state index in [1.54, 1.807) is 12.1 Å². The van der Waals surface area contributed by atoms with E-state index >= 15 is 0 Å². The summed E-state index contributed by atoms with van der Waals surface area (Å²) in [6.45, 7) is 2.85. The Morgan fingerprint density at radius 2 is 2.33 bits per heavy atom. The molecule has 1 aliphatic rings. The zero-order valence-corrected chi connectivity index (χ0v) is 10.9. The molecule has 1 heterocycles. The van der Waals surface area contributed by atoms with Crippen molar-refractivity contribution in [1.29, 1.82) is 0 Å². The Hall–Kier alpha value is -1.10. The number of carbonyl (C=O) groups excluding carboxylic acids is 1. The normalized spacial score (nSPS) is 20.2. The minimum atomic E-state index is -0.468. The van der Waals surface area contributed by atoms with Crippen LogP contribution in [0.3, 0.4) is 0 Å². The molecule has 98 valence electrons. The maximum Gasteiger partial charge on any atom is 0.248 e. The van der Waals surface area contributed by atoms with Crippen LogP contribution in [0.1, 0.15) is 22.3 Å². The van der Waals surface area contributed by atoms with Crippen LogP contribution >= 0.6 is 11.6 Å². The Bertz CT molecular complexity index is 451. The van der Waals surface area contributed by atoms with Gasteiger partial charge in [0.1, 0.15) is 0 Å². The van der Waals surface area contributed by atoms with Crippen LogP contribution in [0.25, 0.3) is 0 Å². The van der Waals surface area contributed by atoms with Gasteiger partial charge >= 0.3 is 0 Å². The summed E-state index contributed by atoms with van der Waals surface area (Å²) in [4.78, 5) is 13.3. The van der Waals surface area contributed by atoms with E-state index < -0.39 is 5.91 Å². The van der Waals surface area contributed by atoms with E-state index in [1.165, 1.54) is 0 Å². The molecule has 5 heteroatoms. The first-order valence-electron chi connectivity index (χ1n) is 6.01. The lowest BCUT2D eigenvalue weighted by molar-refractivity contribution is 0.100. The molecule has 1 aliphatic heterocycles. The second-order valence-electron chi connectivity index (χ2n) is 4.74. The van der Waals surface area contributed by atoms with Gasteiger partial charge in [-0.25, -0.2) is 0 Å². The lowest BCUT2D eigenvalue weighted by atomic mass is 10.1. The molecule has 2 rings (SSSR count). The monoisotopic (exact) mass is 268 g/mol. The van der Waals surface area contributed by atoms with Crippen molar-refractivity contribution in [3.8, 4) is 0 Å². The number of benzene rings is 1. The quantitative estimate of drug-likeness (QED) is 0.864. The van der Waals surface area contributed by atoms with Crippen LogP contribution in [0.4, 0.5) is 0 Å². The van der Waals surface area contributed by atoms with E-state index in [1.807, 2.05) is 6.07 Å². The minimum absolute atomic E-state index is 0.241. The van der Waals surface area contributed by atoms with Crippen molar-refractivity contribution in [1.82, 2.24) is 4.90 Å². The zero-order valence-electron chi connectivity index (χ0n) is 10.1. The van der Waals surface area contributed by atoms with Crippen molar-refractivity contribution < 1.29 is 9.90 Å². The molecule has 0 bridgehead atoms. The van der Waals surface area contributed by atoms with Gasteiger partial charge in [0, 0.05) is 30.3 Å². The second-order valence-corrected chi connectivity index (χ2v) is 5.15. The molecular weight excluding hydrogens is 252 g/mol. The van der Waals surface area contributed by atoms with Gasteiger partial charge in [-0.15, -0.1) is 0 Å². The van der Waals surface area contributed by atoms with E-state index in [-0.39, 0.29) is 6.61 Å². The van der Waals surface area contributed by atoms with Crippen LogP contribution < -0.4 is 5.73 Å². The molecule has 1 unspecified atom stereocenters. The molecule has 1 saturated heterocycles. The van der Waals surface area contributed by atoms with Crippen molar-refractivity contribution in [3.05, 3.63) is 34.3 Å². The Labute approximate surface area is 111 Å². The van der Waals surface area contributed by atoms with Gasteiger partial charge in [-0.3, -0.25) is 9.69 Å². The average molecular weight is 269 g/mol. The first-order chi connectivity index (χ1) is 8.60. The lowest BCUT2D eigenvalue weighted by Gasteiger charge is -2.16. The number of carbonyl (C=O) groups is 1. The van der Waals surface area contributed by atoms with Gasteiger partial charge < -0.3 is 10.8 Å². The summed E-state index contributed by atoms with van der Waals surface area (Å²) >= 11 is 6.14. The van der Waals surface area contributed by atoms with E-state index in [4.69, 9.17) is 22.4 Å². The van der Waals surface area contributed by atoms with Gasteiger partial charge in [0.25, 0.3) is 0 Å². The molecule has 1 atom stereocenters. The van der Waals surface area contributed by atoms with Crippen LogP contribution in [-0.4, -0.2) is 35.6 Å². The zero-order chi connectivity index (χ0) is 13.1. The first-order valence-corrected chi connectivity index (χ1v) is 6.39. The molecule has 0 saturated carbocycles. The maximum atomic E-state index is 11.0. The number of aliphatic hydroxyl groups excluding tert-OH is 1. The third-order valence-electron chi connectivity index (χ3n) is 3.36. The highest BCUT2D eigenvalue weighted by molar-refractivity contribution is 6.31. The number of amides is 1. The number of halogens is 1. The highest BCUT2D eigenvalue weighted by Crippen LogP contribution is 2.23. The van der Waals surface area contributed by atoms with Crippen LogP contribution in [0.15, 0.2) is 18.2 Å². The largest absolute Gasteiger partial charge is 0.396 e. The lowest BCUT2D eigenvalue weighted by Crippen LogP contribution is -2.21. The van der Waals surface area contributed by atoms with E-state index in [0.717, 1.165) is 31.6 Å². The summed E-state index contributed by atoms with van der Waals surface area (Å²) in [6.07, 6.45) is 1.02. The second kappa shape index (κ2) is 5.69. The van der Waals surface area contributed by atoms with Gasteiger partial charge in [-0.1, -0.05) is 17.7 Å². The summed E-state index contributed by atoms with van der Waals surface area (Å²) in [6, 6.07) is 5.15. The fourth-order valence-electron chi connectivity index (χ4n) is 2.28. The average Bonchev–Trinajstić information content (AvgIpc) is 2.79. The predicted molar refractivity (Wildman–Crippen MR) is 70.4 cm³/mol. The molecule has 1 amide bonds. The fraction of sp³-hybridized carbons (Fsp3) is 0.462. The van der Waals surface area contributed by atoms with Gasteiger partial charge in [0.15, 0.2) is 0 Å². The summed E-state index contributed by atoms with van der Waals surface area (Å²) in [5, 5.41) is 9.67. The van der Waals surface area contributed by atoms with Crippen molar-refractivity contribution in [2.24, 2.45) is 11.7 Å². The predicted octanol–water partition coefficient (Wildman–Crippen LogP) is 1.25. The molecule has 1 aromatic rings. The topological polar surface area (TPSA) is 66.6 Å². The molecule has 3 N–H and O–H groups in total. The van der Waals surface area contributed by atoms with Crippen LogP contribution in [0, 0.1) is 5.92 Å². The molecule has 0 aromatic heterocycles. The number of rotatable bonds is 4. The van der Waals surface area contributed by atoms with Crippen LogP contribution in [-0.2, 0) is 6.54 Å². The van der Waals surface area contributed by atoms with Gasteiger partial charge in [0.05, 0.1) is 0 Å². The van der Waals surface area contributed by atoms with Crippen molar-refractivity contribution in [2.45, 2.75) is 13.0 Å². The summed E-state index contributed by atoms with van der Waals surface area (Å²) in [7, 11) is 0. The number of aliphatic hydroxyl groups is 1. The maximum absolute atomic E-state index is 11.0. The standard InChI is InChI=1S/C13H17ClN2O2/c14-12-5-10(13(15)18)1-2-11(12)7-16-4-3-9(6-16)8-17/h1-2,5,9,17H,3-4,6-8H2,(H2,15,18). The van der Waals surface area contributed by atoms with Crippen molar-refractivity contribution >= 4 is 17.5 Å². The molecule has 1 fully saturated rings. The van der Waals surface area contributed by atoms with Gasteiger partial charge in [0.2, 0.25) is 5.91 Å². The number of hydrogen-bond donors (Lipinski definition) is 2. The third kappa shape index (κ3) is 3.02. The number of nitrogens with zero attached hydrogens (tertiary/aromatic N) is 1. The number of hydrogen-bond acceptors (Lipinski definition) is 3. The smallest absolute Gasteiger partial charge is 0.248 e. The van der Waals surface area contributed by atoms with E-state index in [9.17, 15) is 4.79 Å². The Morgan fingerprint density at radius 1 is 1.56 bits per heavy atom. The first kappa shape index (κ1) is 13.3. The number of primary amides is 1. The number of nitrogens with two attached hydrogens (primary N) is 1. The van der Waals surface area contributed by atoms with Gasteiger partial charge in [-0.05, 0) is 36.6 Å². The summed E-state index contributed by atoms with van der Waals surface area (Å²) in [5.74, 6) is -0.0985. The molecule has 4 nitrogen and oxygen atoms in total.